The standard InChI is InChI=1S/C13H11Cl2NO2/c1-7-10(11(12(14)17)13(15)18)8-5-3-4-6-9(8)16(7)2/h3-6,11H,1-2H3. The number of hydrogen-bond acceptors (Lipinski definition) is 2. The lowest BCUT2D eigenvalue weighted by atomic mass is 9.98. The molecule has 0 amide bonds. The maximum Gasteiger partial charge on any atom is 0.238 e. The van der Waals surface area contributed by atoms with Crippen molar-refractivity contribution in [3.8, 4) is 0 Å². The molecule has 0 unspecified atom stereocenters. The average Bonchev–Trinajstić information content (AvgIpc) is 2.55. The summed E-state index contributed by atoms with van der Waals surface area (Å²) in [7, 11) is 1.87. The number of rotatable bonds is 3. The molecule has 0 saturated carbocycles. The first-order valence-electron chi connectivity index (χ1n) is 5.37. The summed E-state index contributed by atoms with van der Waals surface area (Å²) in [6.07, 6.45) is 0. The van der Waals surface area contributed by atoms with Crippen LogP contribution in [0, 0.1) is 6.92 Å². The van der Waals surface area contributed by atoms with E-state index in [0.29, 0.717) is 5.56 Å². The molecule has 1 heterocycles. The number of benzene rings is 1. The van der Waals surface area contributed by atoms with Crippen LogP contribution in [0.2, 0.25) is 0 Å². The topological polar surface area (TPSA) is 39.1 Å². The molecule has 0 aliphatic carbocycles. The molecule has 1 aromatic carbocycles. The zero-order valence-electron chi connectivity index (χ0n) is 9.91. The van der Waals surface area contributed by atoms with Crippen molar-refractivity contribution in [3.63, 3.8) is 0 Å². The van der Waals surface area contributed by atoms with Crippen LogP contribution >= 0.6 is 23.2 Å². The van der Waals surface area contributed by atoms with Crippen LogP contribution in [0.1, 0.15) is 17.2 Å². The zero-order valence-corrected chi connectivity index (χ0v) is 11.4. The Balaban J connectivity index is 2.81. The Labute approximate surface area is 114 Å². The molecule has 0 atom stereocenters. The second-order valence-electron chi connectivity index (χ2n) is 4.12. The minimum absolute atomic E-state index is 0.591. The molecule has 2 rings (SSSR count). The van der Waals surface area contributed by atoms with E-state index in [9.17, 15) is 9.59 Å². The highest BCUT2D eigenvalue weighted by molar-refractivity contribution is 6.74. The quantitative estimate of drug-likeness (QED) is 0.641. The molecule has 0 aliphatic heterocycles. The Morgan fingerprint density at radius 2 is 1.72 bits per heavy atom. The van der Waals surface area contributed by atoms with Gasteiger partial charge >= 0.3 is 0 Å². The molecule has 0 N–H and O–H groups in total. The SMILES string of the molecule is Cc1c(C(C(=O)Cl)C(=O)Cl)c2ccccc2n1C. The highest BCUT2D eigenvalue weighted by atomic mass is 35.5. The number of aryl methyl sites for hydroxylation is 1. The van der Waals surface area contributed by atoms with Crippen LogP contribution in [0.3, 0.4) is 0 Å². The summed E-state index contributed by atoms with van der Waals surface area (Å²) in [6.45, 7) is 1.84. The molecule has 5 heteroatoms. The summed E-state index contributed by atoms with van der Waals surface area (Å²) in [4.78, 5) is 22.9. The van der Waals surface area contributed by atoms with Gasteiger partial charge in [-0.05, 0) is 36.2 Å². The Kier molecular flexibility index (Phi) is 3.46. The fraction of sp³-hybridized carbons (Fsp3) is 0.231. The fourth-order valence-corrected chi connectivity index (χ4v) is 2.70. The number of carbonyl (C=O) groups excluding carboxylic acids is 2. The van der Waals surface area contributed by atoms with Gasteiger partial charge in [0.05, 0.1) is 0 Å². The summed E-state index contributed by atoms with van der Waals surface area (Å²) < 4.78 is 1.91. The molecule has 94 valence electrons. The number of hydrogen-bond donors (Lipinski definition) is 0. The van der Waals surface area contributed by atoms with Crippen LogP contribution in [-0.4, -0.2) is 15.1 Å². The lowest BCUT2D eigenvalue weighted by molar-refractivity contribution is -0.120. The van der Waals surface area contributed by atoms with E-state index in [-0.39, 0.29) is 0 Å². The largest absolute Gasteiger partial charge is 0.348 e. The number of fused-ring (bicyclic) bond motifs is 1. The highest BCUT2D eigenvalue weighted by Gasteiger charge is 2.30. The van der Waals surface area contributed by atoms with Gasteiger partial charge in [-0.15, -0.1) is 0 Å². The Hall–Kier alpha value is -1.32. The van der Waals surface area contributed by atoms with Crippen LogP contribution < -0.4 is 0 Å². The predicted molar refractivity (Wildman–Crippen MR) is 72.1 cm³/mol. The van der Waals surface area contributed by atoms with Gasteiger partial charge in [0.2, 0.25) is 10.5 Å². The summed E-state index contributed by atoms with van der Waals surface area (Å²) >= 11 is 11.0. The molecule has 0 saturated heterocycles. The van der Waals surface area contributed by atoms with Gasteiger partial charge in [0, 0.05) is 29.2 Å². The van der Waals surface area contributed by atoms with Crippen LogP contribution in [0.25, 0.3) is 10.9 Å². The van der Waals surface area contributed by atoms with E-state index < -0.39 is 16.4 Å². The third-order valence-corrected chi connectivity index (χ3v) is 3.63. The molecule has 1 aromatic heterocycles. The third-order valence-electron chi connectivity index (χ3n) is 3.19. The average molecular weight is 284 g/mol. The lowest BCUT2D eigenvalue weighted by Crippen LogP contribution is -2.14. The normalized spacial score (nSPS) is 11.2. The number of nitrogens with zero attached hydrogens (tertiary/aromatic N) is 1. The number of para-hydroxylation sites is 1. The van der Waals surface area contributed by atoms with Crippen LogP contribution in [0.15, 0.2) is 24.3 Å². The van der Waals surface area contributed by atoms with Crippen LogP contribution in [-0.2, 0) is 16.6 Å². The van der Waals surface area contributed by atoms with Gasteiger partial charge in [0.25, 0.3) is 0 Å². The number of halogens is 2. The summed E-state index contributed by atoms with van der Waals surface area (Å²) in [5, 5.41) is -0.686. The number of aromatic nitrogens is 1. The van der Waals surface area contributed by atoms with E-state index in [1.54, 1.807) is 0 Å². The maximum absolute atomic E-state index is 11.4. The van der Waals surface area contributed by atoms with Gasteiger partial charge in [-0.3, -0.25) is 9.59 Å². The van der Waals surface area contributed by atoms with Crippen molar-refractivity contribution < 1.29 is 9.59 Å². The first-order valence-corrected chi connectivity index (χ1v) is 6.13. The molecule has 0 bridgehead atoms. The lowest BCUT2D eigenvalue weighted by Gasteiger charge is -2.08. The zero-order chi connectivity index (χ0) is 13.4. The van der Waals surface area contributed by atoms with Gasteiger partial charge in [0.1, 0.15) is 5.92 Å². The van der Waals surface area contributed by atoms with E-state index in [1.165, 1.54) is 0 Å². The van der Waals surface area contributed by atoms with Gasteiger partial charge in [-0.1, -0.05) is 18.2 Å². The Bertz CT molecular complexity index is 632. The molecular weight excluding hydrogens is 273 g/mol. The van der Waals surface area contributed by atoms with E-state index in [1.807, 2.05) is 42.8 Å². The summed E-state index contributed by atoms with van der Waals surface area (Å²) in [6, 6.07) is 7.51. The Morgan fingerprint density at radius 3 is 2.28 bits per heavy atom. The molecular formula is C13H11Cl2NO2. The maximum atomic E-state index is 11.4. The first-order chi connectivity index (χ1) is 8.45. The van der Waals surface area contributed by atoms with Crippen molar-refractivity contribution >= 4 is 44.6 Å². The smallest absolute Gasteiger partial charge is 0.238 e. The number of carbonyl (C=O) groups is 2. The second kappa shape index (κ2) is 4.75. The predicted octanol–water partition coefficient (Wildman–Crippen LogP) is 3.10. The van der Waals surface area contributed by atoms with E-state index in [4.69, 9.17) is 23.2 Å². The van der Waals surface area contributed by atoms with Gasteiger partial charge in [0.15, 0.2) is 0 Å². The van der Waals surface area contributed by atoms with Crippen molar-refractivity contribution in [1.29, 1.82) is 0 Å². The molecule has 2 aromatic rings. The van der Waals surface area contributed by atoms with E-state index in [2.05, 4.69) is 0 Å². The van der Waals surface area contributed by atoms with Gasteiger partial charge in [-0.25, -0.2) is 0 Å². The minimum atomic E-state index is -1.11. The van der Waals surface area contributed by atoms with Gasteiger partial charge < -0.3 is 4.57 Å². The molecule has 0 radical (unpaired) electrons. The van der Waals surface area contributed by atoms with Crippen molar-refractivity contribution in [3.05, 3.63) is 35.5 Å². The summed E-state index contributed by atoms with van der Waals surface area (Å²) in [5.41, 5.74) is 2.34. The van der Waals surface area contributed by atoms with Gasteiger partial charge in [-0.2, -0.15) is 0 Å². The van der Waals surface area contributed by atoms with Crippen molar-refractivity contribution in [2.24, 2.45) is 7.05 Å². The molecule has 3 nitrogen and oxygen atoms in total. The van der Waals surface area contributed by atoms with Crippen molar-refractivity contribution in [2.45, 2.75) is 12.8 Å². The first kappa shape index (κ1) is 13.1. The molecule has 0 aliphatic rings. The third kappa shape index (κ3) is 1.93. The summed E-state index contributed by atoms with van der Waals surface area (Å²) in [5.74, 6) is -1.11. The van der Waals surface area contributed by atoms with E-state index in [0.717, 1.165) is 16.6 Å². The fourth-order valence-electron chi connectivity index (χ4n) is 2.23. The molecule has 0 spiro atoms. The highest BCUT2D eigenvalue weighted by Crippen LogP contribution is 2.33. The molecule has 0 fully saturated rings. The minimum Gasteiger partial charge on any atom is -0.348 e. The Morgan fingerprint density at radius 1 is 1.17 bits per heavy atom. The van der Waals surface area contributed by atoms with Crippen LogP contribution in [0.5, 0.6) is 0 Å². The van der Waals surface area contributed by atoms with Crippen molar-refractivity contribution in [2.75, 3.05) is 0 Å². The van der Waals surface area contributed by atoms with Crippen molar-refractivity contribution in [1.82, 2.24) is 4.57 Å². The second-order valence-corrected chi connectivity index (χ2v) is 4.86. The van der Waals surface area contributed by atoms with E-state index >= 15 is 0 Å². The van der Waals surface area contributed by atoms with Crippen LogP contribution in [0.4, 0.5) is 0 Å². The molecule has 18 heavy (non-hydrogen) atoms. The monoisotopic (exact) mass is 283 g/mol.